The third kappa shape index (κ3) is 1.84. The van der Waals surface area contributed by atoms with Crippen molar-refractivity contribution >= 4 is 5.78 Å². The van der Waals surface area contributed by atoms with E-state index in [2.05, 4.69) is 5.32 Å². The van der Waals surface area contributed by atoms with Gasteiger partial charge in [0, 0.05) is 12.8 Å². The molecule has 1 aromatic carbocycles. The van der Waals surface area contributed by atoms with Crippen LogP contribution in [0.1, 0.15) is 35.2 Å². The third-order valence-electron chi connectivity index (χ3n) is 3.76. The van der Waals surface area contributed by atoms with Crippen molar-refractivity contribution in [3.8, 4) is 5.75 Å². The summed E-state index contributed by atoms with van der Waals surface area (Å²) in [6.07, 6.45) is 2.38. The molecule has 3 nitrogen and oxygen atoms in total. The second kappa shape index (κ2) is 3.84. The standard InChI is InChI=1S/C14H17NO2/c1-10-2-3-13-11(8-10)12(16)9-14(17-13)4-6-15-7-5-14/h2-3,8,15H,4-7,9H2,1H3. The maximum atomic E-state index is 12.2. The van der Waals surface area contributed by atoms with E-state index in [9.17, 15) is 4.79 Å². The molecule has 3 heteroatoms. The Balaban J connectivity index is 1.97. The fourth-order valence-corrected chi connectivity index (χ4v) is 2.77. The molecule has 3 rings (SSSR count). The predicted octanol–water partition coefficient (Wildman–Crippen LogP) is 2.08. The van der Waals surface area contributed by atoms with Gasteiger partial charge in [-0.1, -0.05) is 11.6 Å². The molecule has 2 aliphatic heterocycles. The van der Waals surface area contributed by atoms with Gasteiger partial charge >= 0.3 is 0 Å². The second-order valence-corrected chi connectivity index (χ2v) is 5.13. The zero-order valence-corrected chi connectivity index (χ0v) is 10.1. The largest absolute Gasteiger partial charge is 0.486 e. The van der Waals surface area contributed by atoms with Crippen LogP contribution in [0.25, 0.3) is 0 Å². The Bertz CT molecular complexity index is 461. The molecule has 90 valence electrons. The molecule has 0 radical (unpaired) electrons. The van der Waals surface area contributed by atoms with Crippen LogP contribution in [0.2, 0.25) is 0 Å². The number of benzene rings is 1. The Morgan fingerprint density at radius 1 is 1.29 bits per heavy atom. The highest BCUT2D eigenvalue weighted by Crippen LogP contribution is 2.38. The highest BCUT2D eigenvalue weighted by Gasteiger charge is 2.41. The SMILES string of the molecule is Cc1ccc2c(c1)C(=O)CC1(CCNCC1)O2. The molecule has 1 N–H and O–H groups in total. The van der Waals surface area contributed by atoms with E-state index in [1.54, 1.807) is 0 Å². The van der Waals surface area contributed by atoms with Gasteiger partial charge in [-0.15, -0.1) is 0 Å². The number of nitrogens with one attached hydrogen (secondary N) is 1. The Hall–Kier alpha value is -1.35. The van der Waals surface area contributed by atoms with Gasteiger partial charge in [0.1, 0.15) is 11.4 Å². The van der Waals surface area contributed by atoms with Crippen LogP contribution in [0.4, 0.5) is 0 Å². The van der Waals surface area contributed by atoms with E-state index in [1.807, 2.05) is 25.1 Å². The maximum Gasteiger partial charge on any atom is 0.170 e. The van der Waals surface area contributed by atoms with Crippen LogP contribution in [0.3, 0.4) is 0 Å². The summed E-state index contributed by atoms with van der Waals surface area (Å²) in [6.45, 7) is 3.88. The number of hydrogen-bond acceptors (Lipinski definition) is 3. The summed E-state index contributed by atoms with van der Waals surface area (Å²) in [5.74, 6) is 1.01. The maximum absolute atomic E-state index is 12.2. The zero-order valence-electron chi connectivity index (χ0n) is 10.1. The minimum absolute atomic E-state index is 0.233. The Labute approximate surface area is 101 Å². The number of aryl methyl sites for hydroxylation is 1. The van der Waals surface area contributed by atoms with Gasteiger partial charge in [0.25, 0.3) is 0 Å². The lowest BCUT2D eigenvalue weighted by Gasteiger charge is -2.40. The van der Waals surface area contributed by atoms with E-state index in [0.717, 1.165) is 42.8 Å². The zero-order chi connectivity index (χ0) is 11.9. The number of carbonyl (C=O) groups is 1. The number of Topliss-reactive ketones (excluding diaryl/α,β-unsaturated/α-hetero) is 1. The molecular formula is C14H17NO2. The lowest BCUT2D eigenvalue weighted by Crippen LogP contribution is -2.49. The van der Waals surface area contributed by atoms with E-state index >= 15 is 0 Å². The van der Waals surface area contributed by atoms with Gasteiger partial charge in [-0.3, -0.25) is 4.79 Å². The average molecular weight is 231 g/mol. The van der Waals surface area contributed by atoms with Crippen molar-refractivity contribution in [2.24, 2.45) is 0 Å². The number of hydrogen-bond donors (Lipinski definition) is 1. The molecule has 0 amide bonds. The molecule has 1 saturated heterocycles. The van der Waals surface area contributed by atoms with Crippen molar-refractivity contribution in [1.29, 1.82) is 0 Å². The molecule has 0 atom stereocenters. The van der Waals surface area contributed by atoms with Crippen LogP contribution in [-0.4, -0.2) is 24.5 Å². The fraction of sp³-hybridized carbons (Fsp3) is 0.500. The van der Waals surface area contributed by atoms with Crippen molar-refractivity contribution < 1.29 is 9.53 Å². The number of fused-ring (bicyclic) bond motifs is 1. The highest BCUT2D eigenvalue weighted by atomic mass is 16.5. The smallest absolute Gasteiger partial charge is 0.170 e. The Kier molecular flexibility index (Phi) is 2.44. The fourth-order valence-electron chi connectivity index (χ4n) is 2.77. The lowest BCUT2D eigenvalue weighted by molar-refractivity contribution is 0.0187. The second-order valence-electron chi connectivity index (χ2n) is 5.13. The first-order valence-corrected chi connectivity index (χ1v) is 6.22. The highest BCUT2D eigenvalue weighted by molar-refractivity contribution is 6.00. The van der Waals surface area contributed by atoms with Crippen LogP contribution in [0, 0.1) is 6.92 Å². The van der Waals surface area contributed by atoms with E-state index in [0.29, 0.717) is 6.42 Å². The van der Waals surface area contributed by atoms with Crippen LogP contribution < -0.4 is 10.1 Å². The van der Waals surface area contributed by atoms with E-state index in [1.165, 1.54) is 0 Å². The molecular weight excluding hydrogens is 214 g/mol. The van der Waals surface area contributed by atoms with Gasteiger partial charge in [0.2, 0.25) is 0 Å². The van der Waals surface area contributed by atoms with Crippen molar-refractivity contribution in [2.45, 2.75) is 31.8 Å². The molecule has 0 unspecified atom stereocenters. The molecule has 2 heterocycles. The molecule has 1 aromatic rings. The summed E-state index contributed by atoms with van der Waals surface area (Å²) < 4.78 is 6.12. The molecule has 0 aliphatic carbocycles. The quantitative estimate of drug-likeness (QED) is 0.743. The Morgan fingerprint density at radius 3 is 2.82 bits per heavy atom. The molecule has 0 saturated carbocycles. The first-order valence-electron chi connectivity index (χ1n) is 6.22. The van der Waals surface area contributed by atoms with E-state index < -0.39 is 0 Å². The van der Waals surface area contributed by atoms with Gasteiger partial charge in [0.15, 0.2) is 5.78 Å². The molecule has 1 spiro atoms. The normalized spacial score (nSPS) is 22.1. The number of ketones is 1. The Morgan fingerprint density at radius 2 is 2.06 bits per heavy atom. The summed E-state index contributed by atoms with van der Waals surface area (Å²) in [6, 6.07) is 5.88. The van der Waals surface area contributed by atoms with Gasteiger partial charge in [0.05, 0.1) is 12.0 Å². The summed E-state index contributed by atoms with van der Waals surface area (Å²) >= 11 is 0. The summed E-state index contributed by atoms with van der Waals surface area (Å²) in [4.78, 5) is 12.2. The molecule has 2 aliphatic rings. The monoisotopic (exact) mass is 231 g/mol. The first-order chi connectivity index (χ1) is 8.19. The predicted molar refractivity (Wildman–Crippen MR) is 65.6 cm³/mol. The minimum atomic E-state index is -0.245. The molecule has 1 fully saturated rings. The number of ether oxygens (including phenoxy) is 1. The van der Waals surface area contributed by atoms with Gasteiger partial charge < -0.3 is 10.1 Å². The van der Waals surface area contributed by atoms with Crippen molar-refractivity contribution in [2.75, 3.05) is 13.1 Å². The first kappa shape index (κ1) is 10.8. The van der Waals surface area contributed by atoms with Crippen LogP contribution in [0.5, 0.6) is 5.75 Å². The average Bonchev–Trinajstić information content (AvgIpc) is 2.31. The van der Waals surface area contributed by atoms with Crippen molar-refractivity contribution in [3.63, 3.8) is 0 Å². The molecule has 17 heavy (non-hydrogen) atoms. The summed E-state index contributed by atoms with van der Waals surface area (Å²) in [7, 11) is 0. The minimum Gasteiger partial charge on any atom is -0.486 e. The van der Waals surface area contributed by atoms with Crippen LogP contribution >= 0.6 is 0 Å². The van der Waals surface area contributed by atoms with E-state index in [-0.39, 0.29) is 11.4 Å². The third-order valence-corrected chi connectivity index (χ3v) is 3.76. The summed E-state index contributed by atoms with van der Waals surface area (Å²) in [5.41, 5.74) is 1.63. The number of carbonyl (C=O) groups excluding carboxylic acids is 1. The topological polar surface area (TPSA) is 38.3 Å². The van der Waals surface area contributed by atoms with Crippen molar-refractivity contribution in [1.82, 2.24) is 5.32 Å². The summed E-state index contributed by atoms with van der Waals surface area (Å²) in [5, 5.41) is 3.31. The van der Waals surface area contributed by atoms with Crippen LogP contribution in [-0.2, 0) is 0 Å². The van der Waals surface area contributed by atoms with Crippen LogP contribution in [0.15, 0.2) is 18.2 Å². The van der Waals surface area contributed by atoms with Gasteiger partial charge in [-0.05, 0) is 32.1 Å². The van der Waals surface area contributed by atoms with Crippen molar-refractivity contribution in [3.05, 3.63) is 29.3 Å². The molecule has 0 aromatic heterocycles. The molecule has 0 bridgehead atoms. The number of piperidine rings is 1. The number of rotatable bonds is 0. The van der Waals surface area contributed by atoms with Gasteiger partial charge in [-0.2, -0.15) is 0 Å². The lowest BCUT2D eigenvalue weighted by atomic mass is 9.83. The van der Waals surface area contributed by atoms with E-state index in [4.69, 9.17) is 4.74 Å². The van der Waals surface area contributed by atoms with Gasteiger partial charge in [-0.25, -0.2) is 0 Å².